The van der Waals surface area contributed by atoms with E-state index in [1.807, 2.05) is 12.1 Å². The van der Waals surface area contributed by atoms with E-state index in [0.717, 1.165) is 18.7 Å². The van der Waals surface area contributed by atoms with E-state index in [2.05, 4.69) is 24.4 Å². The molecule has 1 aliphatic carbocycles. The van der Waals surface area contributed by atoms with Crippen LogP contribution in [0.5, 0.6) is 5.75 Å². The zero-order valence-corrected chi connectivity index (χ0v) is 12.6. The maximum atomic E-state index is 9.45. The molecular weight excluding hydrogens is 250 g/mol. The van der Waals surface area contributed by atoms with Gasteiger partial charge in [-0.05, 0) is 42.4 Å². The Hall–Kier alpha value is -1.06. The highest BCUT2D eigenvalue weighted by Crippen LogP contribution is 2.25. The maximum absolute atomic E-state index is 9.45. The summed E-state index contributed by atoms with van der Waals surface area (Å²) in [5.41, 5.74) is 1.33. The molecule has 3 unspecified atom stereocenters. The van der Waals surface area contributed by atoms with Crippen LogP contribution >= 0.6 is 0 Å². The lowest BCUT2D eigenvalue weighted by molar-refractivity contribution is 0.152. The lowest BCUT2D eigenvalue weighted by atomic mass is 9.84. The molecule has 3 atom stereocenters. The highest BCUT2D eigenvalue weighted by atomic mass is 16.5. The number of nitrogens with one attached hydrogen (secondary N) is 1. The van der Waals surface area contributed by atoms with E-state index in [1.54, 1.807) is 7.11 Å². The van der Waals surface area contributed by atoms with Crippen molar-refractivity contribution in [3.05, 3.63) is 29.8 Å². The number of methoxy groups -OCH3 is 1. The van der Waals surface area contributed by atoms with Gasteiger partial charge in [-0.15, -0.1) is 0 Å². The van der Waals surface area contributed by atoms with Gasteiger partial charge in [0, 0.05) is 19.2 Å². The number of hydrogen-bond donors (Lipinski definition) is 2. The Bertz CT molecular complexity index is 390. The molecule has 0 spiro atoms. The van der Waals surface area contributed by atoms with Crippen LogP contribution in [0.3, 0.4) is 0 Å². The summed E-state index contributed by atoms with van der Waals surface area (Å²) in [4.78, 5) is 0. The third-order valence-corrected chi connectivity index (χ3v) is 4.51. The summed E-state index contributed by atoms with van der Waals surface area (Å²) in [5, 5.41) is 13.1. The second kappa shape index (κ2) is 7.65. The summed E-state index contributed by atoms with van der Waals surface area (Å²) in [6, 6.07) is 8.78. The van der Waals surface area contributed by atoms with Crippen molar-refractivity contribution in [2.75, 3.05) is 20.3 Å². The minimum atomic E-state index is 0.314. The van der Waals surface area contributed by atoms with Gasteiger partial charge in [-0.3, -0.25) is 0 Å². The Morgan fingerprint density at radius 3 is 2.60 bits per heavy atom. The predicted octanol–water partition coefficient (Wildman–Crippen LogP) is 2.94. The number of benzene rings is 1. The molecule has 0 aromatic heterocycles. The average molecular weight is 277 g/mol. The van der Waals surface area contributed by atoms with Gasteiger partial charge in [-0.25, -0.2) is 0 Å². The molecule has 1 fully saturated rings. The molecule has 3 nitrogen and oxygen atoms in total. The first-order chi connectivity index (χ1) is 9.74. The number of aliphatic hydroxyl groups excluding tert-OH is 1. The highest BCUT2D eigenvalue weighted by Gasteiger charge is 2.24. The van der Waals surface area contributed by atoms with Crippen molar-refractivity contribution in [3.8, 4) is 5.75 Å². The van der Waals surface area contributed by atoms with Crippen molar-refractivity contribution in [3.63, 3.8) is 0 Å². The van der Waals surface area contributed by atoms with E-state index >= 15 is 0 Å². The minimum Gasteiger partial charge on any atom is -0.497 e. The van der Waals surface area contributed by atoms with Crippen molar-refractivity contribution in [2.24, 2.45) is 5.92 Å². The summed E-state index contributed by atoms with van der Waals surface area (Å²) >= 11 is 0. The minimum absolute atomic E-state index is 0.314. The molecule has 0 saturated heterocycles. The summed E-state index contributed by atoms with van der Waals surface area (Å²) in [6.07, 6.45) is 4.90. The quantitative estimate of drug-likeness (QED) is 0.840. The molecule has 20 heavy (non-hydrogen) atoms. The first kappa shape index (κ1) is 15.3. The number of ether oxygens (including phenoxy) is 1. The van der Waals surface area contributed by atoms with Crippen LogP contribution < -0.4 is 10.1 Å². The molecule has 2 N–H and O–H groups in total. The summed E-state index contributed by atoms with van der Waals surface area (Å²) in [5.74, 6) is 1.82. The fourth-order valence-electron chi connectivity index (χ4n) is 3.07. The standard InChI is InChI=1S/C17H27NO2/c1-13(14-7-9-16(20-2)10-8-14)11-18-17-6-4-3-5-15(17)12-19/h7-10,13,15,17-19H,3-6,11-12H2,1-2H3. The molecule has 0 amide bonds. The van der Waals surface area contributed by atoms with Gasteiger partial charge in [0.05, 0.1) is 7.11 Å². The molecule has 0 radical (unpaired) electrons. The Morgan fingerprint density at radius 2 is 1.95 bits per heavy atom. The first-order valence-electron chi connectivity index (χ1n) is 7.72. The molecular formula is C17H27NO2. The van der Waals surface area contributed by atoms with Gasteiger partial charge in [-0.2, -0.15) is 0 Å². The van der Waals surface area contributed by atoms with Crippen molar-refractivity contribution in [1.82, 2.24) is 5.32 Å². The number of aliphatic hydroxyl groups is 1. The lowest BCUT2D eigenvalue weighted by Gasteiger charge is -2.32. The second-order valence-corrected chi connectivity index (χ2v) is 5.92. The van der Waals surface area contributed by atoms with Crippen molar-refractivity contribution >= 4 is 0 Å². The molecule has 0 bridgehead atoms. The van der Waals surface area contributed by atoms with E-state index in [9.17, 15) is 5.11 Å². The molecule has 2 rings (SSSR count). The van der Waals surface area contributed by atoms with Crippen molar-refractivity contribution < 1.29 is 9.84 Å². The molecule has 1 aromatic carbocycles. The Balaban J connectivity index is 1.85. The number of hydrogen-bond acceptors (Lipinski definition) is 3. The van der Waals surface area contributed by atoms with E-state index < -0.39 is 0 Å². The summed E-state index contributed by atoms with van der Waals surface area (Å²) in [6.45, 7) is 3.52. The third kappa shape index (κ3) is 3.97. The molecule has 1 saturated carbocycles. The van der Waals surface area contributed by atoms with Gasteiger partial charge >= 0.3 is 0 Å². The van der Waals surface area contributed by atoms with E-state index in [1.165, 1.54) is 24.8 Å². The molecule has 112 valence electrons. The Kier molecular flexibility index (Phi) is 5.86. The van der Waals surface area contributed by atoms with Crippen LogP contribution in [-0.4, -0.2) is 31.4 Å². The zero-order chi connectivity index (χ0) is 14.4. The normalized spacial score (nSPS) is 24.4. The SMILES string of the molecule is COc1ccc(C(C)CNC2CCCCC2CO)cc1. The van der Waals surface area contributed by atoms with Crippen LogP contribution in [0.4, 0.5) is 0 Å². The lowest BCUT2D eigenvalue weighted by Crippen LogP contribution is -2.41. The van der Waals surface area contributed by atoms with E-state index in [0.29, 0.717) is 24.5 Å². The second-order valence-electron chi connectivity index (χ2n) is 5.92. The molecule has 1 aromatic rings. The zero-order valence-electron chi connectivity index (χ0n) is 12.6. The number of rotatable bonds is 6. The van der Waals surface area contributed by atoms with Gasteiger partial charge in [-0.1, -0.05) is 31.9 Å². The largest absolute Gasteiger partial charge is 0.497 e. The van der Waals surface area contributed by atoms with Gasteiger partial charge in [0.25, 0.3) is 0 Å². The van der Waals surface area contributed by atoms with Crippen LogP contribution in [0.1, 0.15) is 44.1 Å². The monoisotopic (exact) mass is 277 g/mol. The molecule has 0 heterocycles. The van der Waals surface area contributed by atoms with Crippen LogP contribution in [-0.2, 0) is 0 Å². The van der Waals surface area contributed by atoms with E-state index in [-0.39, 0.29) is 0 Å². The third-order valence-electron chi connectivity index (χ3n) is 4.51. The van der Waals surface area contributed by atoms with Crippen LogP contribution in [0.15, 0.2) is 24.3 Å². The van der Waals surface area contributed by atoms with Gasteiger partial charge < -0.3 is 15.2 Å². The Morgan fingerprint density at radius 1 is 1.25 bits per heavy atom. The van der Waals surface area contributed by atoms with Crippen molar-refractivity contribution in [2.45, 2.75) is 44.6 Å². The summed E-state index contributed by atoms with van der Waals surface area (Å²) in [7, 11) is 1.69. The van der Waals surface area contributed by atoms with Crippen LogP contribution in [0, 0.1) is 5.92 Å². The van der Waals surface area contributed by atoms with Crippen molar-refractivity contribution in [1.29, 1.82) is 0 Å². The average Bonchev–Trinajstić information content (AvgIpc) is 2.53. The van der Waals surface area contributed by atoms with Crippen LogP contribution in [0.25, 0.3) is 0 Å². The van der Waals surface area contributed by atoms with E-state index in [4.69, 9.17) is 4.74 Å². The first-order valence-corrected chi connectivity index (χ1v) is 7.72. The molecule has 3 heteroatoms. The summed E-state index contributed by atoms with van der Waals surface area (Å²) < 4.78 is 5.19. The van der Waals surface area contributed by atoms with Gasteiger partial charge in [0.1, 0.15) is 5.75 Å². The fraction of sp³-hybridized carbons (Fsp3) is 0.647. The molecule has 0 aliphatic heterocycles. The fourth-order valence-corrected chi connectivity index (χ4v) is 3.07. The maximum Gasteiger partial charge on any atom is 0.118 e. The predicted molar refractivity (Wildman–Crippen MR) is 82.2 cm³/mol. The smallest absolute Gasteiger partial charge is 0.118 e. The van der Waals surface area contributed by atoms with Gasteiger partial charge in [0.2, 0.25) is 0 Å². The topological polar surface area (TPSA) is 41.5 Å². The Labute approximate surface area is 122 Å². The highest BCUT2D eigenvalue weighted by molar-refractivity contribution is 5.29. The van der Waals surface area contributed by atoms with Gasteiger partial charge in [0.15, 0.2) is 0 Å². The van der Waals surface area contributed by atoms with Crippen LogP contribution in [0.2, 0.25) is 0 Å². The molecule has 1 aliphatic rings.